The number of benzene rings is 1. The van der Waals surface area contributed by atoms with Gasteiger partial charge < -0.3 is 9.84 Å². The van der Waals surface area contributed by atoms with E-state index < -0.39 is 6.10 Å². The van der Waals surface area contributed by atoms with Crippen molar-refractivity contribution in [3.8, 4) is 5.75 Å². The molecule has 3 heteroatoms. The van der Waals surface area contributed by atoms with Gasteiger partial charge in [-0.3, -0.25) is 0 Å². The molecule has 0 saturated carbocycles. The summed E-state index contributed by atoms with van der Waals surface area (Å²) in [4.78, 5) is 0. The lowest BCUT2D eigenvalue weighted by Crippen LogP contribution is -2.00. The molecule has 88 valence electrons. The van der Waals surface area contributed by atoms with Crippen LogP contribution in [0.15, 0.2) is 35.3 Å². The normalized spacial score (nSPS) is 12.2. The smallest absolute Gasteiger partial charge is 0.125 e. The van der Waals surface area contributed by atoms with E-state index in [0.717, 1.165) is 35.0 Å². The summed E-state index contributed by atoms with van der Waals surface area (Å²) in [6, 6.07) is 5.67. The van der Waals surface area contributed by atoms with Gasteiger partial charge in [0.05, 0.1) is 13.2 Å². The predicted octanol–water partition coefficient (Wildman–Crippen LogP) is 3.85. The van der Waals surface area contributed by atoms with Crippen LogP contribution in [0.1, 0.15) is 30.9 Å². The molecule has 0 spiro atoms. The van der Waals surface area contributed by atoms with Gasteiger partial charge in [0.25, 0.3) is 0 Å². The highest BCUT2D eigenvalue weighted by atomic mass is 79.9. The maximum atomic E-state index is 10.0. The maximum absolute atomic E-state index is 10.0. The Labute approximate surface area is 105 Å². The molecule has 0 aliphatic heterocycles. The Morgan fingerprint density at radius 3 is 2.94 bits per heavy atom. The van der Waals surface area contributed by atoms with Crippen molar-refractivity contribution in [2.75, 3.05) is 7.11 Å². The van der Waals surface area contributed by atoms with Crippen LogP contribution < -0.4 is 4.74 Å². The third-order valence-electron chi connectivity index (χ3n) is 2.44. The summed E-state index contributed by atoms with van der Waals surface area (Å²) >= 11 is 3.38. The highest BCUT2D eigenvalue weighted by molar-refractivity contribution is 9.10. The molecule has 0 aromatic heterocycles. The van der Waals surface area contributed by atoms with E-state index in [1.54, 1.807) is 7.11 Å². The molecular formula is C13H17BrO2. The van der Waals surface area contributed by atoms with Gasteiger partial charge in [-0.15, -0.1) is 6.58 Å². The summed E-state index contributed by atoms with van der Waals surface area (Å²) in [6.07, 6.45) is 3.98. The van der Waals surface area contributed by atoms with Gasteiger partial charge in [-0.2, -0.15) is 0 Å². The first kappa shape index (κ1) is 13.3. The second-order valence-corrected chi connectivity index (χ2v) is 4.54. The Morgan fingerprint density at radius 2 is 2.31 bits per heavy atom. The monoisotopic (exact) mass is 284 g/mol. The molecule has 0 bridgehead atoms. The number of allylic oxidation sites excluding steroid dienone is 1. The Balaban J connectivity index is 2.73. The second-order valence-electron chi connectivity index (χ2n) is 3.62. The number of aliphatic hydroxyl groups is 1. The molecule has 0 fully saturated rings. The van der Waals surface area contributed by atoms with Crippen LogP contribution in [0.2, 0.25) is 0 Å². The Bertz CT molecular complexity index is 350. The molecule has 0 aliphatic carbocycles. The molecule has 0 amide bonds. The molecule has 1 unspecified atom stereocenters. The molecule has 0 heterocycles. The van der Waals surface area contributed by atoms with Crippen LogP contribution in [-0.4, -0.2) is 12.2 Å². The predicted molar refractivity (Wildman–Crippen MR) is 69.7 cm³/mol. The summed E-state index contributed by atoms with van der Waals surface area (Å²) in [6.45, 7) is 3.66. The lowest BCUT2D eigenvalue weighted by atomic mass is 10.0. The minimum atomic E-state index is -0.469. The van der Waals surface area contributed by atoms with Crippen LogP contribution in [0.5, 0.6) is 5.75 Å². The number of unbranched alkanes of at least 4 members (excludes halogenated alkanes) is 1. The van der Waals surface area contributed by atoms with Gasteiger partial charge in [0.15, 0.2) is 0 Å². The number of ether oxygens (including phenoxy) is 1. The summed E-state index contributed by atoms with van der Waals surface area (Å²) in [5.41, 5.74) is 0.842. The molecule has 0 radical (unpaired) electrons. The van der Waals surface area contributed by atoms with E-state index in [4.69, 9.17) is 4.74 Å². The summed E-state index contributed by atoms with van der Waals surface area (Å²) < 4.78 is 6.19. The SMILES string of the molecule is C=CCCCC(O)c1ccc(Br)cc1OC. The summed E-state index contributed by atoms with van der Waals surface area (Å²) in [5.74, 6) is 0.723. The van der Waals surface area contributed by atoms with Crippen LogP contribution in [-0.2, 0) is 0 Å². The zero-order valence-corrected chi connectivity index (χ0v) is 11.0. The van der Waals surface area contributed by atoms with Crippen molar-refractivity contribution in [2.45, 2.75) is 25.4 Å². The molecule has 1 rings (SSSR count). The number of hydrogen-bond donors (Lipinski definition) is 1. The van der Waals surface area contributed by atoms with Crippen LogP contribution in [0.25, 0.3) is 0 Å². The van der Waals surface area contributed by atoms with Gasteiger partial charge in [-0.05, 0) is 31.4 Å². The average Bonchev–Trinajstić information content (AvgIpc) is 2.29. The fraction of sp³-hybridized carbons (Fsp3) is 0.385. The van der Waals surface area contributed by atoms with Gasteiger partial charge in [-0.1, -0.05) is 28.1 Å². The molecule has 0 aliphatic rings. The molecule has 0 saturated heterocycles. The molecule has 1 N–H and O–H groups in total. The minimum Gasteiger partial charge on any atom is -0.496 e. The van der Waals surface area contributed by atoms with Crippen molar-refractivity contribution in [2.24, 2.45) is 0 Å². The van der Waals surface area contributed by atoms with Crippen LogP contribution >= 0.6 is 15.9 Å². The topological polar surface area (TPSA) is 29.5 Å². The van der Waals surface area contributed by atoms with E-state index in [1.807, 2.05) is 24.3 Å². The lowest BCUT2D eigenvalue weighted by molar-refractivity contribution is 0.161. The van der Waals surface area contributed by atoms with E-state index in [-0.39, 0.29) is 0 Å². The van der Waals surface area contributed by atoms with Crippen LogP contribution in [0.3, 0.4) is 0 Å². The van der Waals surface area contributed by atoms with Gasteiger partial charge in [0.2, 0.25) is 0 Å². The first-order valence-corrected chi connectivity index (χ1v) is 6.10. The average molecular weight is 285 g/mol. The Morgan fingerprint density at radius 1 is 1.56 bits per heavy atom. The standard InChI is InChI=1S/C13H17BrO2/c1-3-4-5-6-12(15)11-8-7-10(14)9-13(11)16-2/h3,7-9,12,15H,1,4-6H2,2H3. The van der Waals surface area contributed by atoms with Gasteiger partial charge in [0, 0.05) is 10.0 Å². The number of halogens is 1. The van der Waals surface area contributed by atoms with Gasteiger partial charge in [-0.25, -0.2) is 0 Å². The van der Waals surface area contributed by atoms with Crippen LogP contribution in [0.4, 0.5) is 0 Å². The Hall–Kier alpha value is -0.800. The molecule has 1 atom stereocenters. The van der Waals surface area contributed by atoms with Crippen molar-refractivity contribution in [3.05, 3.63) is 40.9 Å². The van der Waals surface area contributed by atoms with Crippen molar-refractivity contribution < 1.29 is 9.84 Å². The number of methoxy groups -OCH3 is 1. The highest BCUT2D eigenvalue weighted by Crippen LogP contribution is 2.30. The fourth-order valence-corrected chi connectivity index (χ4v) is 1.91. The molecule has 16 heavy (non-hydrogen) atoms. The first-order chi connectivity index (χ1) is 7.69. The van der Waals surface area contributed by atoms with E-state index in [9.17, 15) is 5.11 Å². The van der Waals surface area contributed by atoms with Crippen molar-refractivity contribution >= 4 is 15.9 Å². The Kier molecular flexibility index (Phi) is 5.56. The molecule has 1 aromatic rings. The zero-order chi connectivity index (χ0) is 12.0. The summed E-state index contributed by atoms with van der Waals surface area (Å²) in [5, 5.41) is 10.0. The van der Waals surface area contributed by atoms with Gasteiger partial charge in [0.1, 0.15) is 5.75 Å². The summed E-state index contributed by atoms with van der Waals surface area (Å²) in [7, 11) is 1.61. The third-order valence-corrected chi connectivity index (χ3v) is 2.93. The quantitative estimate of drug-likeness (QED) is 0.635. The van der Waals surface area contributed by atoms with E-state index in [0.29, 0.717) is 0 Å². The fourth-order valence-electron chi connectivity index (χ4n) is 1.57. The molecule has 2 nitrogen and oxygen atoms in total. The van der Waals surface area contributed by atoms with Crippen molar-refractivity contribution in [1.82, 2.24) is 0 Å². The highest BCUT2D eigenvalue weighted by Gasteiger charge is 2.12. The van der Waals surface area contributed by atoms with E-state index in [1.165, 1.54) is 0 Å². The lowest BCUT2D eigenvalue weighted by Gasteiger charge is -2.14. The molecule has 1 aromatic carbocycles. The van der Waals surface area contributed by atoms with Crippen molar-refractivity contribution in [1.29, 1.82) is 0 Å². The zero-order valence-electron chi connectivity index (χ0n) is 9.45. The number of hydrogen-bond acceptors (Lipinski definition) is 2. The van der Waals surface area contributed by atoms with E-state index >= 15 is 0 Å². The van der Waals surface area contributed by atoms with Gasteiger partial charge >= 0.3 is 0 Å². The number of aliphatic hydroxyl groups excluding tert-OH is 1. The molecular weight excluding hydrogens is 268 g/mol. The van der Waals surface area contributed by atoms with E-state index in [2.05, 4.69) is 22.5 Å². The second kappa shape index (κ2) is 6.71. The van der Waals surface area contributed by atoms with Crippen molar-refractivity contribution in [3.63, 3.8) is 0 Å². The number of rotatable bonds is 6. The minimum absolute atomic E-state index is 0.469. The first-order valence-electron chi connectivity index (χ1n) is 5.31. The largest absolute Gasteiger partial charge is 0.496 e. The third kappa shape index (κ3) is 3.65. The maximum Gasteiger partial charge on any atom is 0.125 e. The van der Waals surface area contributed by atoms with Crippen LogP contribution in [0, 0.1) is 0 Å².